The van der Waals surface area contributed by atoms with Gasteiger partial charge in [0.2, 0.25) is 0 Å². The maximum Gasteiger partial charge on any atom is 0.271 e. The summed E-state index contributed by atoms with van der Waals surface area (Å²) in [5.74, 6) is 0.780. The molecule has 4 aromatic rings. The highest BCUT2D eigenvalue weighted by atomic mass is 16.5. The number of hydrogen-bond acceptors (Lipinski definition) is 5. The molecular weight excluding hydrogens is 514 g/mol. The average molecular weight is 556 g/mol. The predicted octanol–water partition coefficient (Wildman–Crippen LogP) is 5.34. The quantitative estimate of drug-likeness (QED) is 0.333. The molecule has 7 nitrogen and oxygen atoms in total. The van der Waals surface area contributed by atoms with Gasteiger partial charge in [0, 0.05) is 49.1 Å². The molecule has 216 valence electrons. The molecule has 1 aliphatic heterocycles. The molecule has 0 spiro atoms. The van der Waals surface area contributed by atoms with Crippen LogP contribution in [-0.4, -0.2) is 71.4 Å². The standard InChI is InChI=1S/C34H41N3O4/c1-23-18-37(24(2)21-38)34(39)33-32(29-15-8-9-16-30(29)36(33)4)28-14-7-6-12-26(28)22-41-31(23)20-35(3)19-25-11-10-13-27(17-25)40-5/h6-17,23-24,31,38H,18-22H2,1-5H3/t23-,24-,31+/m0/s1. The van der Waals surface area contributed by atoms with Crippen molar-refractivity contribution in [2.45, 2.75) is 39.1 Å². The zero-order valence-corrected chi connectivity index (χ0v) is 24.7. The first-order chi connectivity index (χ1) is 19.8. The molecule has 0 saturated heterocycles. The number of aryl methyl sites for hydroxylation is 1. The Morgan fingerprint density at radius 3 is 2.63 bits per heavy atom. The number of aromatic nitrogens is 1. The molecule has 0 unspecified atom stereocenters. The lowest BCUT2D eigenvalue weighted by Crippen LogP contribution is -2.47. The van der Waals surface area contributed by atoms with E-state index < -0.39 is 0 Å². The van der Waals surface area contributed by atoms with Gasteiger partial charge in [0.25, 0.3) is 5.91 Å². The van der Waals surface area contributed by atoms with E-state index in [0.717, 1.165) is 45.5 Å². The van der Waals surface area contributed by atoms with Gasteiger partial charge in [-0.1, -0.05) is 61.5 Å². The second-order valence-corrected chi connectivity index (χ2v) is 11.3. The number of benzene rings is 3. The van der Waals surface area contributed by atoms with Crippen LogP contribution < -0.4 is 4.74 Å². The Balaban J connectivity index is 1.55. The Labute approximate surface area is 242 Å². The third-order valence-corrected chi connectivity index (χ3v) is 8.30. The molecule has 1 amide bonds. The zero-order valence-electron chi connectivity index (χ0n) is 24.7. The highest BCUT2D eigenvalue weighted by Crippen LogP contribution is 2.38. The lowest BCUT2D eigenvalue weighted by atomic mass is 9.96. The molecule has 0 radical (unpaired) electrons. The fourth-order valence-electron chi connectivity index (χ4n) is 5.98. The first-order valence-electron chi connectivity index (χ1n) is 14.3. The molecule has 0 fully saturated rings. The van der Waals surface area contributed by atoms with Crippen molar-refractivity contribution in [1.29, 1.82) is 0 Å². The van der Waals surface area contributed by atoms with Crippen molar-refractivity contribution in [3.05, 3.63) is 89.6 Å². The van der Waals surface area contributed by atoms with Gasteiger partial charge in [0.1, 0.15) is 11.4 Å². The van der Waals surface area contributed by atoms with E-state index in [-0.39, 0.29) is 30.6 Å². The Morgan fingerprint density at radius 2 is 1.85 bits per heavy atom. The van der Waals surface area contributed by atoms with E-state index in [9.17, 15) is 9.90 Å². The molecule has 0 bridgehead atoms. The van der Waals surface area contributed by atoms with Gasteiger partial charge in [0.15, 0.2) is 0 Å². The first-order valence-corrected chi connectivity index (χ1v) is 14.3. The number of hydrogen-bond donors (Lipinski definition) is 1. The summed E-state index contributed by atoms with van der Waals surface area (Å²) < 4.78 is 14.1. The van der Waals surface area contributed by atoms with Crippen LogP contribution in [0.25, 0.3) is 22.0 Å². The summed E-state index contributed by atoms with van der Waals surface area (Å²) in [6, 6.07) is 24.1. The number of carbonyl (C=O) groups is 1. The second-order valence-electron chi connectivity index (χ2n) is 11.3. The van der Waals surface area contributed by atoms with Crippen molar-refractivity contribution in [3.8, 4) is 16.9 Å². The fraction of sp³-hybridized carbons (Fsp3) is 0.382. The summed E-state index contributed by atoms with van der Waals surface area (Å²) in [6.07, 6.45) is -0.141. The van der Waals surface area contributed by atoms with Crippen LogP contribution >= 0.6 is 0 Å². The van der Waals surface area contributed by atoms with Gasteiger partial charge >= 0.3 is 0 Å². The van der Waals surface area contributed by atoms with Crippen molar-refractivity contribution < 1.29 is 19.4 Å². The number of fused-ring (bicyclic) bond motifs is 5. The number of methoxy groups -OCH3 is 1. The van der Waals surface area contributed by atoms with Crippen LogP contribution in [0.5, 0.6) is 5.75 Å². The number of carbonyl (C=O) groups excluding carboxylic acids is 1. The number of nitrogens with zero attached hydrogens (tertiary/aromatic N) is 3. The summed E-state index contributed by atoms with van der Waals surface area (Å²) in [7, 11) is 5.73. The fourth-order valence-corrected chi connectivity index (χ4v) is 5.98. The first kappa shape index (κ1) is 28.9. The van der Waals surface area contributed by atoms with Gasteiger partial charge in [-0.05, 0) is 48.9 Å². The maximum absolute atomic E-state index is 14.5. The summed E-state index contributed by atoms with van der Waals surface area (Å²) in [5, 5.41) is 11.2. The highest BCUT2D eigenvalue weighted by molar-refractivity contribution is 6.10. The van der Waals surface area contributed by atoms with Crippen molar-refractivity contribution in [2.24, 2.45) is 13.0 Å². The van der Waals surface area contributed by atoms with Crippen LogP contribution in [0.4, 0.5) is 0 Å². The molecule has 41 heavy (non-hydrogen) atoms. The molecule has 3 aromatic carbocycles. The normalized spacial score (nSPS) is 18.6. The SMILES string of the molecule is COc1cccc(CN(C)C[C@H]2OCc3ccccc3-c3c(n(C)c4ccccc34)C(=O)N([C@@H](C)CO)C[C@@H]2C)c1. The third kappa shape index (κ3) is 5.89. The minimum Gasteiger partial charge on any atom is -0.497 e. The summed E-state index contributed by atoms with van der Waals surface area (Å²) >= 11 is 0. The van der Waals surface area contributed by atoms with Crippen LogP contribution in [0.1, 0.15) is 35.5 Å². The monoisotopic (exact) mass is 555 g/mol. The molecule has 1 aliphatic rings. The second kappa shape index (κ2) is 12.5. The van der Waals surface area contributed by atoms with E-state index in [2.05, 4.69) is 55.3 Å². The number of aliphatic hydroxyl groups is 1. The van der Waals surface area contributed by atoms with E-state index in [1.165, 1.54) is 0 Å². The summed E-state index contributed by atoms with van der Waals surface area (Å²) in [4.78, 5) is 18.6. The Morgan fingerprint density at radius 1 is 1.10 bits per heavy atom. The number of aliphatic hydroxyl groups excluding tert-OH is 1. The molecule has 0 aliphatic carbocycles. The van der Waals surface area contributed by atoms with Crippen molar-refractivity contribution in [3.63, 3.8) is 0 Å². The van der Waals surface area contributed by atoms with E-state index in [4.69, 9.17) is 9.47 Å². The highest BCUT2D eigenvalue weighted by Gasteiger charge is 2.33. The molecule has 5 rings (SSSR count). The predicted molar refractivity (Wildman–Crippen MR) is 163 cm³/mol. The van der Waals surface area contributed by atoms with Crippen LogP contribution in [-0.2, 0) is 24.9 Å². The number of para-hydroxylation sites is 1. The van der Waals surface area contributed by atoms with Gasteiger partial charge in [-0.25, -0.2) is 0 Å². The minimum atomic E-state index is -0.345. The number of likely N-dealkylation sites (N-methyl/N-ethyl adjacent to an activating group) is 1. The lowest BCUT2D eigenvalue weighted by Gasteiger charge is -2.35. The lowest BCUT2D eigenvalue weighted by molar-refractivity contribution is -0.0242. The number of amides is 1. The van der Waals surface area contributed by atoms with Gasteiger partial charge in [0.05, 0.1) is 32.5 Å². The summed E-state index contributed by atoms with van der Waals surface area (Å²) in [6.45, 7) is 6.26. The molecule has 1 N–H and O–H groups in total. The molecular formula is C34H41N3O4. The van der Waals surface area contributed by atoms with Gasteiger partial charge in [-0.2, -0.15) is 0 Å². The van der Waals surface area contributed by atoms with Crippen molar-refractivity contribution in [1.82, 2.24) is 14.4 Å². The Hall–Kier alpha value is -3.65. The van der Waals surface area contributed by atoms with Gasteiger partial charge < -0.3 is 24.0 Å². The third-order valence-electron chi connectivity index (χ3n) is 8.30. The molecule has 7 heteroatoms. The van der Waals surface area contributed by atoms with Crippen molar-refractivity contribution in [2.75, 3.05) is 33.9 Å². The van der Waals surface area contributed by atoms with Crippen LogP contribution in [0, 0.1) is 5.92 Å². The summed E-state index contributed by atoms with van der Waals surface area (Å²) in [5.41, 5.74) is 5.77. The maximum atomic E-state index is 14.5. The van der Waals surface area contributed by atoms with E-state index in [0.29, 0.717) is 25.4 Å². The van der Waals surface area contributed by atoms with Crippen LogP contribution in [0.3, 0.4) is 0 Å². The van der Waals surface area contributed by atoms with Gasteiger partial charge in [-0.15, -0.1) is 0 Å². The van der Waals surface area contributed by atoms with E-state index in [1.807, 2.05) is 59.8 Å². The molecule has 3 atom stereocenters. The largest absolute Gasteiger partial charge is 0.497 e. The van der Waals surface area contributed by atoms with E-state index >= 15 is 0 Å². The van der Waals surface area contributed by atoms with E-state index in [1.54, 1.807) is 7.11 Å². The van der Waals surface area contributed by atoms with Crippen molar-refractivity contribution >= 4 is 16.8 Å². The molecule has 1 aromatic heterocycles. The number of rotatable bonds is 7. The van der Waals surface area contributed by atoms with Crippen LogP contribution in [0.15, 0.2) is 72.8 Å². The zero-order chi connectivity index (χ0) is 29.1. The average Bonchev–Trinajstić information content (AvgIpc) is 3.28. The Bertz CT molecular complexity index is 1510. The number of ether oxygens (including phenoxy) is 2. The minimum absolute atomic E-state index is 0.0177. The topological polar surface area (TPSA) is 67.2 Å². The van der Waals surface area contributed by atoms with Crippen LogP contribution in [0.2, 0.25) is 0 Å². The molecule has 2 heterocycles. The smallest absolute Gasteiger partial charge is 0.271 e. The Kier molecular flexibility index (Phi) is 8.78. The van der Waals surface area contributed by atoms with Gasteiger partial charge in [-0.3, -0.25) is 9.69 Å². The molecule has 0 saturated carbocycles.